The van der Waals surface area contributed by atoms with Crippen LogP contribution in [0, 0.1) is 5.92 Å². The van der Waals surface area contributed by atoms with Gasteiger partial charge in [0, 0.05) is 12.5 Å². The summed E-state index contributed by atoms with van der Waals surface area (Å²) in [6.45, 7) is 12.9. The fourth-order valence-corrected chi connectivity index (χ4v) is 9.38. The smallest absolute Gasteiger partial charge is 0.192 e. The van der Waals surface area contributed by atoms with E-state index in [9.17, 15) is 0 Å². The van der Waals surface area contributed by atoms with Crippen LogP contribution in [0.1, 0.15) is 40.5 Å². The number of benzene rings is 3. The molecule has 33 heavy (non-hydrogen) atoms. The van der Waals surface area contributed by atoms with E-state index in [-0.39, 0.29) is 5.04 Å². The molecule has 0 radical (unpaired) electrons. The standard InChI is InChI=1S/C30H41OPSi/c1-7-17-26(24-31-33(5,6)30(2,3)4)25-32(27-18-11-8-12-19-27,28-20-13-9-14-21-28)29-22-15-10-16-23-29/h8-16,18-23,25-26H,7,17,24H2,1-6H3/t26-/m0/s1. The molecule has 0 N–H and O–H groups in total. The molecule has 0 aliphatic heterocycles. The molecule has 0 spiro atoms. The summed E-state index contributed by atoms with van der Waals surface area (Å²) in [5, 5.41) is 4.45. The molecule has 176 valence electrons. The maximum Gasteiger partial charge on any atom is 0.192 e. The molecule has 3 rings (SSSR count). The molecule has 0 amide bonds. The molecule has 3 aromatic carbocycles. The number of hydrogen-bond donors (Lipinski definition) is 0. The maximum atomic E-state index is 6.79. The molecule has 3 aromatic rings. The van der Waals surface area contributed by atoms with Crippen molar-refractivity contribution >= 4 is 36.9 Å². The van der Waals surface area contributed by atoms with Gasteiger partial charge in [-0.25, -0.2) is 0 Å². The molecule has 0 aliphatic carbocycles. The van der Waals surface area contributed by atoms with Crippen LogP contribution in [0.2, 0.25) is 18.1 Å². The summed E-state index contributed by atoms with van der Waals surface area (Å²) < 4.78 is 6.79. The van der Waals surface area contributed by atoms with Gasteiger partial charge in [0.25, 0.3) is 0 Å². The molecule has 0 aromatic heterocycles. The Kier molecular flexibility index (Phi) is 8.62. The molecular weight excluding hydrogens is 435 g/mol. The van der Waals surface area contributed by atoms with E-state index < -0.39 is 15.2 Å². The van der Waals surface area contributed by atoms with Crippen molar-refractivity contribution in [3.8, 4) is 0 Å². The summed E-state index contributed by atoms with van der Waals surface area (Å²) in [7, 11) is -1.82. The van der Waals surface area contributed by atoms with Crippen LogP contribution in [0.15, 0.2) is 91.0 Å². The highest BCUT2D eigenvalue weighted by Crippen LogP contribution is 2.45. The van der Waals surface area contributed by atoms with Gasteiger partial charge in [0.15, 0.2) is 8.32 Å². The van der Waals surface area contributed by atoms with E-state index in [2.05, 4.69) is 138 Å². The summed E-state index contributed by atoms with van der Waals surface area (Å²) >= 11 is 0. The van der Waals surface area contributed by atoms with Gasteiger partial charge in [-0.05, 0) is 47.4 Å². The molecule has 0 saturated heterocycles. The van der Waals surface area contributed by atoms with Crippen molar-refractivity contribution in [3.05, 3.63) is 91.0 Å². The van der Waals surface area contributed by atoms with Gasteiger partial charge in [-0.1, -0.05) is 131 Å². The van der Waals surface area contributed by atoms with E-state index in [1.54, 1.807) is 0 Å². The van der Waals surface area contributed by atoms with E-state index in [0.29, 0.717) is 5.92 Å². The number of rotatable bonds is 9. The first-order valence-electron chi connectivity index (χ1n) is 12.3. The van der Waals surface area contributed by atoms with Crippen LogP contribution in [0.3, 0.4) is 0 Å². The summed E-state index contributed by atoms with van der Waals surface area (Å²) in [5.74, 6) is 3.10. The highest BCUT2D eigenvalue weighted by Gasteiger charge is 2.37. The molecule has 0 saturated carbocycles. The van der Waals surface area contributed by atoms with E-state index in [0.717, 1.165) is 19.4 Å². The Morgan fingerprint density at radius 2 is 1.15 bits per heavy atom. The second-order valence-corrected chi connectivity index (χ2v) is 18.6. The normalized spacial score (nSPS) is 13.5. The Balaban J connectivity index is 2.22. The zero-order valence-corrected chi connectivity index (χ0v) is 23.2. The van der Waals surface area contributed by atoms with E-state index in [1.807, 2.05) is 0 Å². The Morgan fingerprint density at radius 1 is 0.758 bits per heavy atom. The average molecular weight is 477 g/mol. The number of hydrogen-bond acceptors (Lipinski definition) is 1. The van der Waals surface area contributed by atoms with Crippen LogP contribution in [0.5, 0.6) is 0 Å². The van der Waals surface area contributed by atoms with Crippen molar-refractivity contribution in [1.29, 1.82) is 0 Å². The molecule has 0 heterocycles. The first-order valence-corrected chi connectivity index (χ1v) is 17.0. The summed E-state index contributed by atoms with van der Waals surface area (Å²) in [4.78, 5) is 0. The molecule has 3 heteroatoms. The third-order valence-corrected chi connectivity index (χ3v) is 15.8. The van der Waals surface area contributed by atoms with Crippen molar-refractivity contribution in [2.75, 3.05) is 6.61 Å². The van der Waals surface area contributed by atoms with Gasteiger partial charge in [0.2, 0.25) is 0 Å². The molecule has 0 unspecified atom stereocenters. The Bertz CT molecular complexity index is 934. The third kappa shape index (κ3) is 5.99. The van der Waals surface area contributed by atoms with Crippen LogP contribution in [0.25, 0.3) is 0 Å². The predicted molar refractivity (Wildman–Crippen MR) is 153 cm³/mol. The van der Waals surface area contributed by atoms with Gasteiger partial charge in [-0.15, -0.1) is 0 Å². The van der Waals surface area contributed by atoms with Crippen molar-refractivity contribution in [1.82, 2.24) is 0 Å². The van der Waals surface area contributed by atoms with Gasteiger partial charge in [-0.3, -0.25) is 0 Å². The van der Waals surface area contributed by atoms with Crippen molar-refractivity contribution in [2.45, 2.75) is 58.7 Å². The van der Waals surface area contributed by atoms with Gasteiger partial charge in [-0.2, -0.15) is 0 Å². The molecule has 0 bridgehead atoms. The minimum absolute atomic E-state index is 0.217. The maximum absolute atomic E-state index is 6.79. The largest absolute Gasteiger partial charge is 0.416 e. The monoisotopic (exact) mass is 476 g/mol. The highest BCUT2D eigenvalue weighted by atomic mass is 31.2. The van der Waals surface area contributed by atoms with Crippen LogP contribution in [-0.2, 0) is 4.43 Å². The van der Waals surface area contributed by atoms with Crippen molar-refractivity contribution in [3.63, 3.8) is 0 Å². The van der Waals surface area contributed by atoms with Crippen LogP contribution >= 0.6 is 6.89 Å². The lowest BCUT2D eigenvalue weighted by atomic mass is 10.1. The quantitative estimate of drug-likeness (QED) is 0.234. The van der Waals surface area contributed by atoms with E-state index in [4.69, 9.17) is 4.43 Å². The summed E-state index contributed by atoms with van der Waals surface area (Å²) in [5.41, 5.74) is 0. The van der Waals surface area contributed by atoms with E-state index in [1.165, 1.54) is 15.9 Å². The van der Waals surface area contributed by atoms with Gasteiger partial charge >= 0.3 is 0 Å². The Morgan fingerprint density at radius 3 is 1.48 bits per heavy atom. The first kappa shape index (κ1) is 25.8. The first-order chi connectivity index (χ1) is 15.7. The van der Waals surface area contributed by atoms with Crippen LogP contribution in [0.4, 0.5) is 0 Å². The lowest BCUT2D eigenvalue weighted by molar-refractivity contribution is 0.256. The van der Waals surface area contributed by atoms with Crippen molar-refractivity contribution < 1.29 is 4.43 Å². The second kappa shape index (κ2) is 11.0. The third-order valence-electron chi connectivity index (χ3n) is 7.05. The van der Waals surface area contributed by atoms with Crippen LogP contribution < -0.4 is 15.9 Å². The average Bonchev–Trinajstić information content (AvgIpc) is 2.82. The van der Waals surface area contributed by atoms with Gasteiger partial charge < -0.3 is 4.43 Å². The topological polar surface area (TPSA) is 9.23 Å². The molecule has 0 aliphatic rings. The fraction of sp³-hybridized carbons (Fsp3) is 0.367. The SMILES string of the molecule is CCC[C@H](C=P(c1ccccc1)(c1ccccc1)c1ccccc1)CO[Si](C)(C)C(C)(C)C. The predicted octanol–water partition coefficient (Wildman–Crippen LogP) is 7.22. The molecule has 0 fully saturated rings. The molecular formula is C30H41OPSi. The molecule has 1 nitrogen and oxygen atoms in total. The van der Waals surface area contributed by atoms with E-state index >= 15 is 0 Å². The van der Waals surface area contributed by atoms with Crippen molar-refractivity contribution in [2.24, 2.45) is 5.92 Å². The summed E-state index contributed by atoms with van der Waals surface area (Å²) in [6.07, 6.45) is 2.29. The summed E-state index contributed by atoms with van der Waals surface area (Å²) in [6, 6.07) is 33.4. The highest BCUT2D eigenvalue weighted by molar-refractivity contribution is 7.94. The lowest BCUT2D eigenvalue weighted by Gasteiger charge is -2.38. The zero-order valence-electron chi connectivity index (χ0n) is 21.3. The van der Waals surface area contributed by atoms with Crippen LogP contribution in [-0.4, -0.2) is 20.7 Å². The fourth-order valence-electron chi connectivity index (χ4n) is 4.11. The zero-order chi connectivity index (χ0) is 24.0. The molecule has 1 atom stereocenters. The Labute approximate surface area is 203 Å². The lowest BCUT2D eigenvalue weighted by Crippen LogP contribution is -2.42. The Hall–Kier alpha value is -1.86. The second-order valence-electron chi connectivity index (χ2n) is 10.5. The van der Waals surface area contributed by atoms with Gasteiger partial charge in [0.05, 0.1) is 0 Å². The van der Waals surface area contributed by atoms with Gasteiger partial charge in [0.1, 0.15) is 0 Å². The minimum atomic E-state index is -1.95. The minimum Gasteiger partial charge on any atom is -0.416 e.